The Hall–Kier alpha value is -2.30. The van der Waals surface area contributed by atoms with E-state index >= 15 is 0 Å². The molecule has 134 valence electrons. The SMILES string of the molecule is C=C1c2ccccc2C(=O)N1C(C)C(=O)N(C)Cc1ccc(Cl)c(Cl)c1. The van der Waals surface area contributed by atoms with Crippen LogP contribution in [0.1, 0.15) is 28.4 Å². The number of hydrogen-bond acceptors (Lipinski definition) is 2. The molecule has 0 fully saturated rings. The molecule has 2 amide bonds. The van der Waals surface area contributed by atoms with E-state index in [1.807, 2.05) is 18.2 Å². The second-order valence-corrected chi connectivity index (χ2v) is 7.10. The summed E-state index contributed by atoms with van der Waals surface area (Å²) in [6, 6.07) is 11.8. The van der Waals surface area contributed by atoms with Crippen molar-refractivity contribution in [3.05, 3.63) is 75.8 Å². The Labute approximate surface area is 162 Å². The summed E-state index contributed by atoms with van der Waals surface area (Å²) in [6.07, 6.45) is 0. The zero-order valence-corrected chi connectivity index (χ0v) is 16.0. The lowest BCUT2D eigenvalue weighted by molar-refractivity contribution is -0.133. The van der Waals surface area contributed by atoms with Crippen molar-refractivity contribution in [2.24, 2.45) is 0 Å². The summed E-state index contributed by atoms with van der Waals surface area (Å²) in [5, 5.41) is 0.908. The van der Waals surface area contributed by atoms with Crippen LogP contribution in [-0.4, -0.2) is 34.7 Å². The number of amides is 2. The molecule has 3 rings (SSSR count). The Bertz CT molecular complexity index is 875. The molecule has 2 aromatic carbocycles. The molecular formula is C20H18Cl2N2O2. The minimum Gasteiger partial charge on any atom is -0.340 e. The first kappa shape index (κ1) is 18.5. The lowest BCUT2D eigenvalue weighted by Crippen LogP contribution is -2.45. The van der Waals surface area contributed by atoms with Gasteiger partial charge in [0, 0.05) is 30.4 Å². The molecule has 1 aliphatic heterocycles. The van der Waals surface area contributed by atoms with Crippen molar-refractivity contribution in [1.82, 2.24) is 9.80 Å². The van der Waals surface area contributed by atoms with Crippen LogP contribution in [0, 0.1) is 0 Å². The van der Waals surface area contributed by atoms with Crippen LogP contribution in [0.15, 0.2) is 49.0 Å². The molecule has 1 heterocycles. The smallest absolute Gasteiger partial charge is 0.259 e. The van der Waals surface area contributed by atoms with Gasteiger partial charge in [-0.05, 0) is 30.7 Å². The van der Waals surface area contributed by atoms with Gasteiger partial charge in [0.1, 0.15) is 6.04 Å². The zero-order valence-electron chi connectivity index (χ0n) is 14.5. The second-order valence-electron chi connectivity index (χ2n) is 6.29. The number of carbonyl (C=O) groups is 2. The van der Waals surface area contributed by atoms with Gasteiger partial charge >= 0.3 is 0 Å². The van der Waals surface area contributed by atoms with Crippen molar-refractivity contribution in [2.45, 2.75) is 19.5 Å². The lowest BCUT2D eigenvalue weighted by Gasteiger charge is -2.28. The van der Waals surface area contributed by atoms with Crippen molar-refractivity contribution < 1.29 is 9.59 Å². The van der Waals surface area contributed by atoms with Gasteiger partial charge in [-0.15, -0.1) is 0 Å². The molecular weight excluding hydrogens is 371 g/mol. The van der Waals surface area contributed by atoms with Crippen LogP contribution in [0.3, 0.4) is 0 Å². The first-order valence-corrected chi connectivity index (χ1v) is 8.87. The highest BCUT2D eigenvalue weighted by atomic mass is 35.5. The van der Waals surface area contributed by atoms with E-state index in [1.165, 1.54) is 4.90 Å². The first-order chi connectivity index (χ1) is 12.3. The summed E-state index contributed by atoms with van der Waals surface area (Å²) in [4.78, 5) is 28.6. The fourth-order valence-corrected chi connectivity index (χ4v) is 3.45. The number of carbonyl (C=O) groups excluding carboxylic acids is 2. The van der Waals surface area contributed by atoms with Gasteiger partial charge in [-0.3, -0.25) is 14.5 Å². The summed E-state index contributed by atoms with van der Waals surface area (Å²) >= 11 is 12.0. The van der Waals surface area contributed by atoms with Crippen LogP contribution in [0.5, 0.6) is 0 Å². The average Bonchev–Trinajstić information content (AvgIpc) is 2.88. The zero-order chi connectivity index (χ0) is 19.0. The van der Waals surface area contributed by atoms with E-state index < -0.39 is 6.04 Å². The van der Waals surface area contributed by atoms with Crippen LogP contribution >= 0.6 is 23.2 Å². The van der Waals surface area contributed by atoms with E-state index in [0.29, 0.717) is 27.9 Å². The quantitative estimate of drug-likeness (QED) is 0.775. The Morgan fingerprint density at radius 1 is 1.15 bits per heavy atom. The van der Waals surface area contributed by atoms with Crippen molar-refractivity contribution in [3.8, 4) is 0 Å². The first-order valence-electron chi connectivity index (χ1n) is 8.12. The number of rotatable bonds is 4. The maximum atomic E-state index is 12.9. The molecule has 2 aromatic rings. The van der Waals surface area contributed by atoms with Crippen molar-refractivity contribution in [3.63, 3.8) is 0 Å². The van der Waals surface area contributed by atoms with Gasteiger partial charge in [0.15, 0.2) is 0 Å². The minimum absolute atomic E-state index is 0.182. The molecule has 0 radical (unpaired) electrons. The summed E-state index contributed by atoms with van der Waals surface area (Å²) in [6.45, 7) is 6.07. The van der Waals surface area contributed by atoms with Crippen LogP contribution in [0.25, 0.3) is 5.70 Å². The molecule has 4 nitrogen and oxygen atoms in total. The molecule has 1 aliphatic rings. The fraction of sp³-hybridized carbons (Fsp3) is 0.200. The van der Waals surface area contributed by atoms with Gasteiger partial charge in [0.25, 0.3) is 5.91 Å². The van der Waals surface area contributed by atoms with E-state index in [2.05, 4.69) is 6.58 Å². The summed E-state index contributed by atoms with van der Waals surface area (Å²) in [7, 11) is 1.69. The number of fused-ring (bicyclic) bond motifs is 1. The molecule has 0 saturated heterocycles. The van der Waals surface area contributed by atoms with Crippen LogP contribution in [-0.2, 0) is 11.3 Å². The predicted molar refractivity (Wildman–Crippen MR) is 104 cm³/mol. The van der Waals surface area contributed by atoms with Crippen LogP contribution in [0.2, 0.25) is 10.0 Å². The van der Waals surface area contributed by atoms with Gasteiger partial charge in [0.05, 0.1) is 10.0 Å². The third-order valence-electron chi connectivity index (χ3n) is 4.50. The third-order valence-corrected chi connectivity index (χ3v) is 5.24. The van der Waals surface area contributed by atoms with Crippen molar-refractivity contribution >= 4 is 40.7 Å². The van der Waals surface area contributed by atoms with Gasteiger partial charge in [0.2, 0.25) is 5.91 Å². The molecule has 0 bridgehead atoms. The van der Waals surface area contributed by atoms with Gasteiger partial charge in [-0.25, -0.2) is 0 Å². The van der Waals surface area contributed by atoms with E-state index in [0.717, 1.165) is 11.1 Å². The number of nitrogens with zero attached hydrogens (tertiary/aromatic N) is 2. The number of halogens is 2. The van der Waals surface area contributed by atoms with E-state index in [9.17, 15) is 9.59 Å². The average molecular weight is 389 g/mol. The monoisotopic (exact) mass is 388 g/mol. The van der Waals surface area contributed by atoms with Gasteiger partial charge in [-0.2, -0.15) is 0 Å². The molecule has 0 aromatic heterocycles. The molecule has 0 saturated carbocycles. The largest absolute Gasteiger partial charge is 0.340 e. The molecule has 1 atom stereocenters. The molecule has 1 unspecified atom stereocenters. The van der Waals surface area contributed by atoms with Crippen LogP contribution < -0.4 is 0 Å². The highest BCUT2D eigenvalue weighted by molar-refractivity contribution is 6.42. The molecule has 0 N–H and O–H groups in total. The highest BCUT2D eigenvalue weighted by Crippen LogP contribution is 2.33. The summed E-state index contributed by atoms with van der Waals surface area (Å²) in [5.41, 5.74) is 2.75. The number of likely N-dealkylation sites (N-methyl/N-ethyl adjacent to an activating group) is 1. The Morgan fingerprint density at radius 2 is 1.81 bits per heavy atom. The predicted octanol–water partition coefficient (Wildman–Crippen LogP) is 4.47. The summed E-state index contributed by atoms with van der Waals surface area (Å²) in [5.74, 6) is -0.382. The molecule has 0 spiro atoms. The maximum absolute atomic E-state index is 12.9. The van der Waals surface area contributed by atoms with Gasteiger partial charge in [-0.1, -0.05) is 54.0 Å². The third kappa shape index (κ3) is 3.22. The number of benzene rings is 2. The molecule has 0 aliphatic carbocycles. The van der Waals surface area contributed by atoms with Crippen LogP contribution in [0.4, 0.5) is 0 Å². The van der Waals surface area contributed by atoms with Gasteiger partial charge < -0.3 is 4.90 Å². The van der Waals surface area contributed by atoms with E-state index in [4.69, 9.17) is 23.2 Å². The van der Waals surface area contributed by atoms with E-state index in [1.54, 1.807) is 43.1 Å². The van der Waals surface area contributed by atoms with E-state index in [-0.39, 0.29) is 11.8 Å². The van der Waals surface area contributed by atoms with Crippen molar-refractivity contribution in [2.75, 3.05) is 7.05 Å². The standard InChI is InChI=1S/C20H18Cl2N2O2/c1-12-15-6-4-5-7-16(15)20(26)24(12)13(2)19(25)23(3)11-14-8-9-17(21)18(22)10-14/h4-10,13H,1,11H2,2-3H3. The topological polar surface area (TPSA) is 40.6 Å². The number of hydrogen-bond donors (Lipinski definition) is 0. The normalized spacial score (nSPS) is 14.4. The molecule has 6 heteroatoms. The summed E-state index contributed by atoms with van der Waals surface area (Å²) < 4.78 is 0. The maximum Gasteiger partial charge on any atom is 0.259 e. The second kappa shape index (κ2) is 7.14. The van der Waals surface area contributed by atoms with Crippen molar-refractivity contribution in [1.29, 1.82) is 0 Å². The highest BCUT2D eigenvalue weighted by Gasteiger charge is 2.37. The molecule has 26 heavy (non-hydrogen) atoms. The Balaban J connectivity index is 1.76. The fourth-order valence-electron chi connectivity index (χ4n) is 3.13. The minimum atomic E-state index is -0.657. The lowest BCUT2D eigenvalue weighted by atomic mass is 10.1. The Morgan fingerprint density at radius 3 is 2.42 bits per heavy atom. The Kier molecular flexibility index (Phi) is 5.08.